The molecule has 1 fully saturated rings. The SMILES string of the molecule is COc1ccc(OCC(=O)N2CCCN(C(=O)c3ccccc3F)CC2)cc1. The number of amides is 2. The Hall–Kier alpha value is -3.09. The minimum absolute atomic E-state index is 0.0603. The van der Waals surface area contributed by atoms with Crippen LogP contribution in [0.2, 0.25) is 0 Å². The number of nitrogens with zero attached hydrogens (tertiary/aromatic N) is 2. The zero-order valence-electron chi connectivity index (χ0n) is 15.8. The molecule has 1 heterocycles. The van der Waals surface area contributed by atoms with Crippen molar-refractivity contribution in [2.45, 2.75) is 6.42 Å². The molecule has 1 aliphatic rings. The first-order valence-corrected chi connectivity index (χ1v) is 9.17. The lowest BCUT2D eigenvalue weighted by Crippen LogP contribution is -2.39. The van der Waals surface area contributed by atoms with E-state index in [2.05, 4.69) is 0 Å². The number of hydrogen-bond acceptors (Lipinski definition) is 4. The van der Waals surface area contributed by atoms with Crippen LogP contribution in [0.1, 0.15) is 16.8 Å². The average molecular weight is 386 g/mol. The number of halogens is 1. The van der Waals surface area contributed by atoms with Gasteiger partial charge in [-0.15, -0.1) is 0 Å². The molecule has 3 rings (SSSR count). The maximum Gasteiger partial charge on any atom is 0.260 e. The molecule has 6 nitrogen and oxygen atoms in total. The van der Waals surface area contributed by atoms with Gasteiger partial charge in [-0.1, -0.05) is 12.1 Å². The largest absolute Gasteiger partial charge is 0.497 e. The van der Waals surface area contributed by atoms with Gasteiger partial charge in [0.2, 0.25) is 0 Å². The van der Waals surface area contributed by atoms with Gasteiger partial charge in [-0.3, -0.25) is 9.59 Å². The molecular formula is C21H23FN2O4. The highest BCUT2D eigenvalue weighted by molar-refractivity contribution is 5.94. The summed E-state index contributed by atoms with van der Waals surface area (Å²) in [5, 5.41) is 0. The van der Waals surface area contributed by atoms with Gasteiger partial charge in [0.15, 0.2) is 6.61 Å². The molecule has 2 aromatic rings. The fourth-order valence-corrected chi connectivity index (χ4v) is 3.08. The van der Waals surface area contributed by atoms with Crippen molar-refractivity contribution in [3.8, 4) is 11.5 Å². The number of methoxy groups -OCH3 is 1. The third-order valence-electron chi connectivity index (χ3n) is 4.66. The Balaban J connectivity index is 1.53. The summed E-state index contributed by atoms with van der Waals surface area (Å²) in [5.41, 5.74) is 0.0603. The second-order valence-corrected chi connectivity index (χ2v) is 6.47. The summed E-state index contributed by atoms with van der Waals surface area (Å²) in [6.07, 6.45) is 0.633. The normalized spacial score (nSPS) is 14.4. The fraction of sp³-hybridized carbons (Fsp3) is 0.333. The number of carbonyl (C=O) groups excluding carboxylic acids is 2. The molecule has 0 spiro atoms. The van der Waals surface area contributed by atoms with Crippen molar-refractivity contribution in [3.05, 3.63) is 59.9 Å². The molecule has 0 bridgehead atoms. The summed E-state index contributed by atoms with van der Waals surface area (Å²) < 4.78 is 24.5. The maximum absolute atomic E-state index is 13.9. The van der Waals surface area contributed by atoms with Crippen molar-refractivity contribution < 1.29 is 23.5 Å². The van der Waals surface area contributed by atoms with Crippen molar-refractivity contribution in [2.75, 3.05) is 39.9 Å². The monoisotopic (exact) mass is 386 g/mol. The smallest absolute Gasteiger partial charge is 0.260 e. The quantitative estimate of drug-likeness (QED) is 0.793. The van der Waals surface area contributed by atoms with Crippen LogP contribution in [0.25, 0.3) is 0 Å². The molecule has 1 aliphatic heterocycles. The Morgan fingerprint density at radius 3 is 2.29 bits per heavy atom. The van der Waals surface area contributed by atoms with E-state index in [4.69, 9.17) is 9.47 Å². The number of rotatable bonds is 5. The third-order valence-corrected chi connectivity index (χ3v) is 4.66. The molecule has 0 aromatic heterocycles. The van der Waals surface area contributed by atoms with Crippen LogP contribution in [0.3, 0.4) is 0 Å². The van der Waals surface area contributed by atoms with Crippen LogP contribution in [0.15, 0.2) is 48.5 Å². The minimum Gasteiger partial charge on any atom is -0.497 e. The van der Waals surface area contributed by atoms with Crippen molar-refractivity contribution in [1.82, 2.24) is 9.80 Å². The summed E-state index contributed by atoms with van der Waals surface area (Å²) in [5.74, 6) is 0.279. The third kappa shape index (κ3) is 4.79. The summed E-state index contributed by atoms with van der Waals surface area (Å²) in [6, 6.07) is 13.0. The van der Waals surface area contributed by atoms with E-state index in [0.717, 1.165) is 0 Å². The zero-order chi connectivity index (χ0) is 19.9. The maximum atomic E-state index is 13.9. The van der Waals surface area contributed by atoms with Crippen LogP contribution in [0, 0.1) is 5.82 Å². The second kappa shape index (κ2) is 9.21. The first-order valence-electron chi connectivity index (χ1n) is 9.17. The topological polar surface area (TPSA) is 59.1 Å². The molecule has 1 saturated heterocycles. The Morgan fingerprint density at radius 2 is 1.57 bits per heavy atom. The van der Waals surface area contributed by atoms with E-state index in [1.54, 1.807) is 53.3 Å². The van der Waals surface area contributed by atoms with Gasteiger partial charge in [0.25, 0.3) is 11.8 Å². The van der Waals surface area contributed by atoms with Gasteiger partial charge in [-0.25, -0.2) is 4.39 Å². The number of benzene rings is 2. The standard InChI is InChI=1S/C21H23FN2O4/c1-27-16-7-9-17(10-8-16)28-15-20(25)23-11-4-12-24(14-13-23)21(26)18-5-2-3-6-19(18)22/h2-3,5-10H,4,11-15H2,1H3. The van der Waals surface area contributed by atoms with Crippen LogP contribution >= 0.6 is 0 Å². The molecule has 0 radical (unpaired) electrons. The van der Waals surface area contributed by atoms with E-state index in [0.29, 0.717) is 44.1 Å². The van der Waals surface area contributed by atoms with Crippen LogP contribution < -0.4 is 9.47 Å². The summed E-state index contributed by atoms with van der Waals surface area (Å²) in [6.45, 7) is 1.70. The van der Waals surface area contributed by atoms with Gasteiger partial charge in [0, 0.05) is 26.2 Å². The van der Waals surface area contributed by atoms with Gasteiger partial charge in [0.1, 0.15) is 17.3 Å². The van der Waals surface area contributed by atoms with Crippen LogP contribution in [0.4, 0.5) is 4.39 Å². The van der Waals surface area contributed by atoms with E-state index < -0.39 is 5.82 Å². The number of hydrogen-bond donors (Lipinski definition) is 0. The van der Waals surface area contributed by atoms with E-state index in [-0.39, 0.29) is 24.0 Å². The minimum atomic E-state index is -0.530. The lowest BCUT2D eigenvalue weighted by atomic mass is 10.2. The number of carbonyl (C=O) groups is 2. The molecule has 2 aromatic carbocycles. The average Bonchev–Trinajstić information content (AvgIpc) is 2.98. The van der Waals surface area contributed by atoms with E-state index in [1.807, 2.05) is 0 Å². The Bertz CT molecular complexity index is 825. The second-order valence-electron chi connectivity index (χ2n) is 6.47. The molecule has 7 heteroatoms. The van der Waals surface area contributed by atoms with Crippen molar-refractivity contribution in [3.63, 3.8) is 0 Å². The van der Waals surface area contributed by atoms with Gasteiger partial charge in [-0.05, 0) is 42.8 Å². The molecule has 0 aliphatic carbocycles. The first-order chi connectivity index (χ1) is 13.6. The number of ether oxygens (including phenoxy) is 2. The summed E-state index contributed by atoms with van der Waals surface area (Å²) in [4.78, 5) is 28.3. The van der Waals surface area contributed by atoms with E-state index >= 15 is 0 Å². The first kappa shape index (κ1) is 19.7. The fourth-order valence-electron chi connectivity index (χ4n) is 3.08. The van der Waals surface area contributed by atoms with Crippen molar-refractivity contribution in [2.24, 2.45) is 0 Å². The Morgan fingerprint density at radius 1 is 0.929 bits per heavy atom. The van der Waals surface area contributed by atoms with Gasteiger partial charge in [-0.2, -0.15) is 0 Å². The van der Waals surface area contributed by atoms with E-state index in [9.17, 15) is 14.0 Å². The van der Waals surface area contributed by atoms with Gasteiger partial charge >= 0.3 is 0 Å². The molecule has 0 saturated carbocycles. The summed E-state index contributed by atoms with van der Waals surface area (Å²) >= 11 is 0. The van der Waals surface area contributed by atoms with Gasteiger partial charge in [0.05, 0.1) is 12.7 Å². The predicted octanol–water partition coefficient (Wildman–Crippen LogP) is 2.59. The molecule has 0 N–H and O–H groups in total. The Labute approximate surface area is 163 Å². The predicted molar refractivity (Wildman–Crippen MR) is 102 cm³/mol. The zero-order valence-corrected chi connectivity index (χ0v) is 15.8. The van der Waals surface area contributed by atoms with Crippen molar-refractivity contribution in [1.29, 1.82) is 0 Å². The molecule has 2 amide bonds. The lowest BCUT2D eigenvalue weighted by Gasteiger charge is -2.22. The highest BCUT2D eigenvalue weighted by Gasteiger charge is 2.24. The summed E-state index contributed by atoms with van der Waals surface area (Å²) in [7, 11) is 1.58. The van der Waals surface area contributed by atoms with Gasteiger partial charge < -0.3 is 19.3 Å². The van der Waals surface area contributed by atoms with Crippen LogP contribution in [-0.2, 0) is 4.79 Å². The highest BCUT2D eigenvalue weighted by atomic mass is 19.1. The van der Waals surface area contributed by atoms with Crippen molar-refractivity contribution >= 4 is 11.8 Å². The lowest BCUT2D eigenvalue weighted by molar-refractivity contribution is -0.133. The Kier molecular flexibility index (Phi) is 6.47. The van der Waals surface area contributed by atoms with Crippen LogP contribution in [0.5, 0.6) is 11.5 Å². The molecule has 148 valence electrons. The highest BCUT2D eigenvalue weighted by Crippen LogP contribution is 2.17. The molecule has 0 atom stereocenters. The van der Waals surface area contributed by atoms with E-state index in [1.165, 1.54) is 12.1 Å². The van der Waals surface area contributed by atoms with Crippen LogP contribution in [-0.4, -0.2) is 61.5 Å². The molecule has 28 heavy (non-hydrogen) atoms. The molecule has 0 unspecified atom stereocenters. The molecular weight excluding hydrogens is 363 g/mol.